The van der Waals surface area contributed by atoms with E-state index in [1.165, 1.54) is 24.3 Å². The van der Waals surface area contributed by atoms with Crippen LogP contribution in [0.1, 0.15) is 25.3 Å². The number of anilines is 1. The summed E-state index contributed by atoms with van der Waals surface area (Å²) in [6, 6.07) is 8.84. The normalized spacial score (nSPS) is 16.1. The second-order valence-corrected chi connectivity index (χ2v) is 6.08. The Labute approximate surface area is 119 Å². The van der Waals surface area contributed by atoms with E-state index in [-0.39, 0.29) is 5.91 Å². The van der Waals surface area contributed by atoms with E-state index in [9.17, 15) is 4.79 Å². The molecule has 1 fully saturated rings. The Bertz CT molecular complexity index is 399. The molecule has 4 heteroatoms. The molecule has 0 aliphatic carbocycles. The van der Waals surface area contributed by atoms with Crippen LogP contribution in [-0.2, 0) is 11.2 Å². The van der Waals surface area contributed by atoms with Crippen molar-refractivity contribution in [3.8, 4) is 0 Å². The third-order valence-electron chi connectivity index (χ3n) is 3.28. The van der Waals surface area contributed by atoms with Crippen molar-refractivity contribution in [2.24, 2.45) is 0 Å². The molecule has 0 unspecified atom stereocenters. The lowest BCUT2D eigenvalue weighted by atomic mass is 10.1. The minimum atomic E-state index is 0.0903. The average Bonchev–Trinajstić information content (AvgIpc) is 2.42. The van der Waals surface area contributed by atoms with E-state index in [2.05, 4.69) is 22.8 Å². The molecule has 1 aliphatic heterocycles. The number of benzene rings is 1. The number of rotatable bonds is 5. The summed E-state index contributed by atoms with van der Waals surface area (Å²) in [5, 5.41) is 6.39. The molecule has 104 valence electrons. The van der Waals surface area contributed by atoms with Crippen LogP contribution < -0.4 is 10.6 Å². The lowest BCUT2D eigenvalue weighted by molar-refractivity contribution is -0.120. The van der Waals surface area contributed by atoms with E-state index >= 15 is 0 Å². The maximum absolute atomic E-state index is 11.5. The summed E-state index contributed by atoms with van der Waals surface area (Å²) in [6.07, 6.45) is 2.95. The van der Waals surface area contributed by atoms with Crippen LogP contribution in [0.2, 0.25) is 0 Å². The van der Waals surface area contributed by atoms with Gasteiger partial charge in [-0.25, -0.2) is 0 Å². The number of carbonyl (C=O) groups is 1. The maximum Gasteiger partial charge on any atom is 0.224 e. The zero-order valence-corrected chi connectivity index (χ0v) is 12.3. The first-order valence-electron chi connectivity index (χ1n) is 6.98. The molecule has 0 atom stereocenters. The van der Waals surface area contributed by atoms with Crippen LogP contribution in [-0.4, -0.2) is 30.0 Å². The van der Waals surface area contributed by atoms with Crippen molar-refractivity contribution in [3.63, 3.8) is 0 Å². The van der Waals surface area contributed by atoms with Gasteiger partial charge in [-0.3, -0.25) is 4.79 Å². The van der Waals surface area contributed by atoms with Crippen molar-refractivity contribution < 1.29 is 4.79 Å². The predicted octanol–water partition coefficient (Wildman–Crippen LogP) is 2.67. The molecule has 0 spiro atoms. The largest absolute Gasteiger partial charge is 0.382 e. The standard InChI is InChI=1S/C15H22N2OS/c1-2-16-15(18)11-12-3-5-13(6-4-12)17-14-7-9-19-10-8-14/h3-6,14,17H,2,7-11H2,1H3,(H,16,18). The van der Waals surface area contributed by atoms with Crippen molar-refractivity contribution in [1.29, 1.82) is 0 Å². The van der Waals surface area contributed by atoms with Gasteiger partial charge in [0.05, 0.1) is 6.42 Å². The number of amides is 1. The number of thioether (sulfide) groups is 1. The predicted molar refractivity (Wildman–Crippen MR) is 82.8 cm³/mol. The molecule has 1 heterocycles. The molecular weight excluding hydrogens is 256 g/mol. The molecule has 0 bridgehead atoms. The van der Waals surface area contributed by atoms with Gasteiger partial charge < -0.3 is 10.6 Å². The minimum Gasteiger partial charge on any atom is -0.382 e. The van der Waals surface area contributed by atoms with Crippen molar-refractivity contribution in [2.75, 3.05) is 23.4 Å². The van der Waals surface area contributed by atoms with Gasteiger partial charge in [-0.05, 0) is 49.0 Å². The Balaban J connectivity index is 1.85. The summed E-state index contributed by atoms with van der Waals surface area (Å²) in [6.45, 7) is 2.63. The summed E-state index contributed by atoms with van der Waals surface area (Å²) in [7, 11) is 0. The van der Waals surface area contributed by atoms with Gasteiger partial charge in [-0.1, -0.05) is 12.1 Å². The Morgan fingerprint density at radius 1 is 1.26 bits per heavy atom. The second-order valence-electron chi connectivity index (χ2n) is 4.86. The number of carbonyl (C=O) groups excluding carboxylic acids is 1. The van der Waals surface area contributed by atoms with E-state index < -0.39 is 0 Å². The van der Waals surface area contributed by atoms with Crippen LogP contribution in [0, 0.1) is 0 Å². The fraction of sp³-hybridized carbons (Fsp3) is 0.533. The van der Waals surface area contributed by atoms with Gasteiger partial charge in [-0.2, -0.15) is 11.8 Å². The highest BCUT2D eigenvalue weighted by Gasteiger charge is 2.13. The summed E-state index contributed by atoms with van der Waals surface area (Å²) < 4.78 is 0. The number of nitrogens with one attached hydrogen (secondary N) is 2. The van der Waals surface area contributed by atoms with E-state index in [0.29, 0.717) is 19.0 Å². The summed E-state index contributed by atoms with van der Waals surface area (Å²) in [5.74, 6) is 2.60. The summed E-state index contributed by atoms with van der Waals surface area (Å²) in [5.41, 5.74) is 2.23. The van der Waals surface area contributed by atoms with Gasteiger partial charge in [0, 0.05) is 18.3 Å². The monoisotopic (exact) mass is 278 g/mol. The first-order chi connectivity index (χ1) is 9.28. The molecule has 1 amide bonds. The number of hydrogen-bond donors (Lipinski definition) is 2. The van der Waals surface area contributed by atoms with Gasteiger partial charge in [-0.15, -0.1) is 0 Å². The zero-order valence-electron chi connectivity index (χ0n) is 11.4. The smallest absolute Gasteiger partial charge is 0.224 e. The maximum atomic E-state index is 11.5. The third kappa shape index (κ3) is 4.78. The lowest BCUT2D eigenvalue weighted by Crippen LogP contribution is -2.25. The minimum absolute atomic E-state index is 0.0903. The molecule has 3 nitrogen and oxygen atoms in total. The van der Waals surface area contributed by atoms with Gasteiger partial charge >= 0.3 is 0 Å². The Hall–Kier alpha value is -1.16. The molecule has 19 heavy (non-hydrogen) atoms. The van der Waals surface area contributed by atoms with E-state index in [0.717, 1.165) is 11.3 Å². The average molecular weight is 278 g/mol. The van der Waals surface area contributed by atoms with Crippen LogP contribution in [0.15, 0.2) is 24.3 Å². The molecule has 1 aromatic carbocycles. The second kappa shape index (κ2) is 7.43. The fourth-order valence-corrected chi connectivity index (χ4v) is 3.35. The van der Waals surface area contributed by atoms with Crippen LogP contribution >= 0.6 is 11.8 Å². The van der Waals surface area contributed by atoms with Crippen LogP contribution in [0.5, 0.6) is 0 Å². The highest BCUT2D eigenvalue weighted by Crippen LogP contribution is 2.21. The number of likely N-dealkylation sites (N-methyl/N-ethyl adjacent to an activating group) is 1. The molecular formula is C15H22N2OS. The van der Waals surface area contributed by atoms with Crippen molar-refractivity contribution >= 4 is 23.4 Å². The third-order valence-corrected chi connectivity index (χ3v) is 4.33. The Kier molecular flexibility index (Phi) is 5.58. The van der Waals surface area contributed by atoms with Crippen molar-refractivity contribution in [3.05, 3.63) is 29.8 Å². The SMILES string of the molecule is CCNC(=O)Cc1ccc(NC2CCSCC2)cc1. The van der Waals surface area contributed by atoms with Crippen LogP contribution in [0.3, 0.4) is 0 Å². The molecule has 1 aliphatic rings. The van der Waals surface area contributed by atoms with Crippen LogP contribution in [0.25, 0.3) is 0 Å². The zero-order chi connectivity index (χ0) is 13.5. The number of hydrogen-bond acceptors (Lipinski definition) is 3. The Morgan fingerprint density at radius 2 is 1.95 bits per heavy atom. The first-order valence-corrected chi connectivity index (χ1v) is 8.13. The van der Waals surface area contributed by atoms with Gasteiger partial charge in [0.15, 0.2) is 0 Å². The van der Waals surface area contributed by atoms with E-state index in [1.807, 2.05) is 30.8 Å². The van der Waals surface area contributed by atoms with E-state index in [1.54, 1.807) is 0 Å². The Morgan fingerprint density at radius 3 is 2.58 bits per heavy atom. The topological polar surface area (TPSA) is 41.1 Å². The highest BCUT2D eigenvalue weighted by molar-refractivity contribution is 7.99. The summed E-state index contributed by atoms with van der Waals surface area (Å²) >= 11 is 2.04. The molecule has 2 rings (SSSR count). The molecule has 2 N–H and O–H groups in total. The van der Waals surface area contributed by atoms with Crippen molar-refractivity contribution in [2.45, 2.75) is 32.2 Å². The molecule has 1 saturated heterocycles. The fourth-order valence-electron chi connectivity index (χ4n) is 2.24. The van der Waals surface area contributed by atoms with Crippen molar-refractivity contribution in [1.82, 2.24) is 5.32 Å². The quantitative estimate of drug-likeness (QED) is 0.870. The molecule has 1 aromatic rings. The van der Waals surface area contributed by atoms with Gasteiger partial charge in [0.25, 0.3) is 0 Å². The lowest BCUT2D eigenvalue weighted by Gasteiger charge is -2.23. The van der Waals surface area contributed by atoms with Gasteiger partial charge in [0.2, 0.25) is 5.91 Å². The highest BCUT2D eigenvalue weighted by atomic mass is 32.2. The van der Waals surface area contributed by atoms with E-state index in [4.69, 9.17) is 0 Å². The molecule has 0 aromatic heterocycles. The first kappa shape index (κ1) is 14.3. The molecule has 0 saturated carbocycles. The summed E-state index contributed by atoms with van der Waals surface area (Å²) in [4.78, 5) is 11.5. The van der Waals surface area contributed by atoms with Gasteiger partial charge in [0.1, 0.15) is 0 Å². The van der Waals surface area contributed by atoms with Crippen LogP contribution in [0.4, 0.5) is 5.69 Å². The molecule has 0 radical (unpaired) electrons.